The molecule has 1 amide bonds. The standard InChI is InChI=1S/C23H28ClNO6/c1-5-6-15-11-20(26)29-18-13-19(17(24)12-16(15)18)30-21(27)14-7-9-25(10-8-14)22(28)31-23(2,3)4/h11-14H,5-10H2,1-4H3. The number of halogens is 1. The molecule has 3 rings (SSSR count). The van der Waals surface area contributed by atoms with Crippen LogP contribution < -0.4 is 10.4 Å². The molecule has 0 radical (unpaired) electrons. The first-order chi connectivity index (χ1) is 14.6. The van der Waals surface area contributed by atoms with Gasteiger partial charge in [-0.15, -0.1) is 0 Å². The highest BCUT2D eigenvalue weighted by atomic mass is 35.5. The molecule has 168 valence electrons. The molecular formula is C23H28ClNO6. The highest BCUT2D eigenvalue weighted by Crippen LogP contribution is 2.33. The molecule has 1 saturated heterocycles. The van der Waals surface area contributed by atoms with Crippen LogP contribution >= 0.6 is 11.6 Å². The van der Waals surface area contributed by atoms with Crippen LogP contribution in [0.2, 0.25) is 5.02 Å². The number of ether oxygens (including phenoxy) is 2. The summed E-state index contributed by atoms with van der Waals surface area (Å²) in [6.07, 6.45) is 2.15. The number of piperidine rings is 1. The lowest BCUT2D eigenvalue weighted by molar-refractivity contribution is -0.140. The van der Waals surface area contributed by atoms with Gasteiger partial charge in [0, 0.05) is 30.6 Å². The van der Waals surface area contributed by atoms with Crippen LogP contribution in [0, 0.1) is 5.92 Å². The molecule has 2 aromatic rings. The SMILES string of the molecule is CCCc1cc(=O)oc2cc(OC(=O)C3CCN(C(=O)OC(C)(C)C)CC3)c(Cl)cc12. The maximum absolute atomic E-state index is 12.7. The van der Waals surface area contributed by atoms with Crippen molar-refractivity contribution in [3.05, 3.63) is 39.2 Å². The quantitative estimate of drug-likeness (QED) is 0.373. The number of rotatable bonds is 4. The molecule has 1 aliphatic rings. The summed E-state index contributed by atoms with van der Waals surface area (Å²) in [4.78, 5) is 38.3. The van der Waals surface area contributed by atoms with Crippen LogP contribution in [0.4, 0.5) is 4.79 Å². The number of benzene rings is 1. The van der Waals surface area contributed by atoms with Gasteiger partial charge in [-0.1, -0.05) is 24.9 Å². The van der Waals surface area contributed by atoms with E-state index < -0.39 is 17.2 Å². The van der Waals surface area contributed by atoms with Crippen LogP contribution in [0.15, 0.2) is 27.4 Å². The third-order valence-corrected chi connectivity index (χ3v) is 5.39. The molecule has 1 fully saturated rings. The molecule has 1 aromatic heterocycles. The summed E-state index contributed by atoms with van der Waals surface area (Å²) in [7, 11) is 0. The van der Waals surface area contributed by atoms with E-state index in [2.05, 4.69) is 0 Å². The molecule has 1 aromatic carbocycles. The van der Waals surface area contributed by atoms with E-state index in [1.807, 2.05) is 27.7 Å². The molecule has 8 heteroatoms. The van der Waals surface area contributed by atoms with Crippen molar-refractivity contribution in [2.75, 3.05) is 13.1 Å². The Morgan fingerprint density at radius 1 is 1.19 bits per heavy atom. The summed E-state index contributed by atoms with van der Waals surface area (Å²) in [6, 6.07) is 4.62. The first-order valence-electron chi connectivity index (χ1n) is 10.5. The molecule has 1 aliphatic heterocycles. The van der Waals surface area contributed by atoms with Gasteiger partial charge in [-0.3, -0.25) is 4.79 Å². The van der Waals surface area contributed by atoms with Gasteiger partial charge in [-0.05, 0) is 51.7 Å². The van der Waals surface area contributed by atoms with Gasteiger partial charge in [0.05, 0.1) is 10.9 Å². The van der Waals surface area contributed by atoms with Crippen molar-refractivity contribution in [2.45, 2.75) is 59.0 Å². The van der Waals surface area contributed by atoms with E-state index in [-0.39, 0.29) is 22.8 Å². The maximum Gasteiger partial charge on any atom is 0.410 e. The second-order valence-electron chi connectivity index (χ2n) is 8.78. The van der Waals surface area contributed by atoms with Crippen molar-refractivity contribution in [3.63, 3.8) is 0 Å². The number of aryl methyl sites for hydroxylation is 1. The summed E-state index contributed by atoms with van der Waals surface area (Å²) < 4.78 is 16.2. The fourth-order valence-electron chi connectivity index (χ4n) is 3.60. The molecule has 0 saturated carbocycles. The molecular weight excluding hydrogens is 422 g/mol. The van der Waals surface area contributed by atoms with Crippen molar-refractivity contribution in [1.29, 1.82) is 0 Å². The number of hydrogen-bond donors (Lipinski definition) is 0. The molecule has 31 heavy (non-hydrogen) atoms. The zero-order valence-electron chi connectivity index (χ0n) is 18.3. The smallest absolute Gasteiger partial charge is 0.410 e. The van der Waals surface area contributed by atoms with Crippen LogP contribution in [0.1, 0.15) is 52.5 Å². The van der Waals surface area contributed by atoms with Gasteiger partial charge in [0.25, 0.3) is 0 Å². The largest absolute Gasteiger partial charge is 0.444 e. The Kier molecular flexibility index (Phi) is 6.94. The Morgan fingerprint density at radius 2 is 1.87 bits per heavy atom. The van der Waals surface area contributed by atoms with Crippen molar-refractivity contribution in [1.82, 2.24) is 4.90 Å². The molecule has 7 nitrogen and oxygen atoms in total. The van der Waals surface area contributed by atoms with Crippen LogP contribution in [0.5, 0.6) is 5.75 Å². The van der Waals surface area contributed by atoms with Gasteiger partial charge in [0.15, 0.2) is 5.75 Å². The van der Waals surface area contributed by atoms with E-state index in [4.69, 9.17) is 25.5 Å². The zero-order chi connectivity index (χ0) is 22.8. The monoisotopic (exact) mass is 449 g/mol. The second kappa shape index (κ2) is 9.30. The highest BCUT2D eigenvalue weighted by molar-refractivity contribution is 6.33. The minimum Gasteiger partial charge on any atom is -0.444 e. The van der Waals surface area contributed by atoms with Crippen LogP contribution in [-0.2, 0) is 16.0 Å². The third kappa shape index (κ3) is 5.79. The minimum absolute atomic E-state index is 0.158. The summed E-state index contributed by atoms with van der Waals surface area (Å²) >= 11 is 6.36. The predicted octanol–water partition coefficient (Wildman–Crippen LogP) is 4.95. The number of nitrogens with zero attached hydrogens (tertiary/aromatic N) is 1. The van der Waals surface area contributed by atoms with Gasteiger partial charge in [0.2, 0.25) is 0 Å². The zero-order valence-corrected chi connectivity index (χ0v) is 19.1. The van der Waals surface area contributed by atoms with Crippen LogP contribution in [-0.4, -0.2) is 35.7 Å². The Hall–Kier alpha value is -2.54. The normalized spacial score (nSPS) is 15.2. The van der Waals surface area contributed by atoms with Gasteiger partial charge >= 0.3 is 17.7 Å². The van der Waals surface area contributed by atoms with Crippen LogP contribution in [0.25, 0.3) is 11.0 Å². The fourth-order valence-corrected chi connectivity index (χ4v) is 3.80. The summed E-state index contributed by atoms with van der Waals surface area (Å²) in [5.41, 5.74) is 0.169. The van der Waals surface area contributed by atoms with E-state index in [0.29, 0.717) is 37.9 Å². The molecule has 0 N–H and O–H groups in total. The van der Waals surface area contributed by atoms with E-state index in [9.17, 15) is 14.4 Å². The van der Waals surface area contributed by atoms with Gasteiger partial charge in [-0.2, -0.15) is 0 Å². The number of hydrogen-bond acceptors (Lipinski definition) is 6. The van der Waals surface area contributed by atoms with Crippen molar-refractivity contribution in [3.8, 4) is 5.75 Å². The Morgan fingerprint density at radius 3 is 2.48 bits per heavy atom. The molecule has 0 aliphatic carbocycles. The first-order valence-corrected chi connectivity index (χ1v) is 10.9. The topological polar surface area (TPSA) is 86.0 Å². The van der Waals surface area contributed by atoms with Crippen molar-refractivity contribution < 1.29 is 23.5 Å². The molecule has 0 atom stereocenters. The van der Waals surface area contributed by atoms with Gasteiger partial charge < -0.3 is 18.8 Å². The predicted molar refractivity (Wildman–Crippen MR) is 118 cm³/mol. The minimum atomic E-state index is -0.564. The number of amides is 1. The average Bonchev–Trinajstić information content (AvgIpc) is 2.68. The van der Waals surface area contributed by atoms with Gasteiger partial charge in [-0.25, -0.2) is 9.59 Å². The lowest BCUT2D eigenvalue weighted by Gasteiger charge is -2.32. The molecule has 0 unspecified atom stereocenters. The van der Waals surface area contributed by atoms with Gasteiger partial charge in [0.1, 0.15) is 11.2 Å². The summed E-state index contributed by atoms with van der Waals surface area (Å²) in [5.74, 6) is -0.619. The summed E-state index contributed by atoms with van der Waals surface area (Å²) in [5, 5.41) is 1.01. The van der Waals surface area contributed by atoms with E-state index in [0.717, 1.165) is 17.4 Å². The number of esters is 1. The third-order valence-electron chi connectivity index (χ3n) is 5.09. The second-order valence-corrected chi connectivity index (χ2v) is 9.19. The average molecular weight is 450 g/mol. The number of carbonyl (C=O) groups is 2. The lowest BCUT2D eigenvalue weighted by Crippen LogP contribution is -2.43. The summed E-state index contributed by atoms with van der Waals surface area (Å²) in [6.45, 7) is 8.29. The van der Waals surface area contributed by atoms with E-state index in [1.54, 1.807) is 11.0 Å². The fraction of sp³-hybridized carbons (Fsp3) is 0.522. The highest BCUT2D eigenvalue weighted by Gasteiger charge is 2.31. The van der Waals surface area contributed by atoms with Crippen LogP contribution in [0.3, 0.4) is 0 Å². The van der Waals surface area contributed by atoms with E-state index in [1.165, 1.54) is 12.1 Å². The molecule has 2 heterocycles. The van der Waals surface area contributed by atoms with Crippen molar-refractivity contribution >= 4 is 34.6 Å². The van der Waals surface area contributed by atoms with E-state index >= 15 is 0 Å². The Labute approximate surface area is 186 Å². The molecule has 0 spiro atoms. The Balaban J connectivity index is 1.69. The maximum atomic E-state index is 12.7. The first kappa shape index (κ1) is 23.1. The number of likely N-dealkylation sites (tertiary alicyclic amines) is 1. The lowest BCUT2D eigenvalue weighted by atomic mass is 9.97. The van der Waals surface area contributed by atoms with Crippen molar-refractivity contribution in [2.24, 2.45) is 5.92 Å². The number of carbonyl (C=O) groups excluding carboxylic acids is 2. The Bertz CT molecular complexity index is 1030. The number of fused-ring (bicyclic) bond motifs is 1. The molecule has 0 bridgehead atoms.